The molecule has 20 heavy (non-hydrogen) atoms. The number of hydrogen-bond donors (Lipinski definition) is 2. The zero-order chi connectivity index (χ0) is 14.2. The molecule has 0 atom stereocenters. The van der Waals surface area contributed by atoms with Gasteiger partial charge in [-0.1, -0.05) is 30.3 Å². The second-order valence-corrected chi connectivity index (χ2v) is 5.54. The fraction of sp³-hybridized carbons (Fsp3) is 0.529. The number of hydrogen-bond acceptors (Lipinski definition) is 3. The van der Waals surface area contributed by atoms with Crippen LogP contribution in [0.4, 0.5) is 0 Å². The summed E-state index contributed by atoms with van der Waals surface area (Å²) in [6.07, 6.45) is 5.68. The van der Waals surface area contributed by atoms with E-state index in [4.69, 9.17) is 5.11 Å². The number of rotatable bonds is 10. The van der Waals surface area contributed by atoms with Crippen LogP contribution in [-0.2, 0) is 13.0 Å². The maximum atomic E-state index is 9.05. The minimum Gasteiger partial charge on any atom is -0.395 e. The van der Waals surface area contributed by atoms with Gasteiger partial charge in [-0.25, -0.2) is 0 Å². The quantitative estimate of drug-likeness (QED) is 0.640. The first kappa shape index (κ1) is 15.2. The highest BCUT2D eigenvalue weighted by Crippen LogP contribution is 2.18. The zero-order valence-electron chi connectivity index (χ0n) is 12.2. The SMILES string of the molecule is C=CCN(CCO)Cc1ccc(CCNC2CC2)cc1. The molecule has 0 amide bonds. The van der Waals surface area contributed by atoms with Crippen LogP contribution >= 0.6 is 0 Å². The lowest BCUT2D eigenvalue weighted by atomic mass is 10.1. The van der Waals surface area contributed by atoms with Crippen LogP contribution in [0.5, 0.6) is 0 Å². The van der Waals surface area contributed by atoms with Gasteiger partial charge in [0.15, 0.2) is 0 Å². The Labute approximate surface area is 122 Å². The predicted octanol–water partition coefficient (Wildman–Crippen LogP) is 1.96. The molecule has 0 bridgehead atoms. The molecular weight excluding hydrogens is 248 g/mol. The average molecular weight is 274 g/mol. The van der Waals surface area contributed by atoms with E-state index in [1.54, 1.807) is 0 Å². The molecular formula is C17H26N2O. The van der Waals surface area contributed by atoms with Crippen molar-refractivity contribution >= 4 is 0 Å². The van der Waals surface area contributed by atoms with E-state index in [0.717, 1.165) is 32.1 Å². The van der Waals surface area contributed by atoms with E-state index in [2.05, 4.69) is 41.1 Å². The summed E-state index contributed by atoms with van der Waals surface area (Å²) in [4.78, 5) is 2.19. The summed E-state index contributed by atoms with van der Waals surface area (Å²) in [5, 5.41) is 12.6. The van der Waals surface area contributed by atoms with Crippen LogP contribution in [0.25, 0.3) is 0 Å². The van der Waals surface area contributed by atoms with E-state index in [9.17, 15) is 0 Å². The van der Waals surface area contributed by atoms with Crippen LogP contribution in [0.2, 0.25) is 0 Å². The van der Waals surface area contributed by atoms with Crippen molar-refractivity contribution in [1.29, 1.82) is 0 Å². The van der Waals surface area contributed by atoms with Crippen LogP contribution in [-0.4, -0.2) is 42.3 Å². The fourth-order valence-electron chi connectivity index (χ4n) is 2.34. The molecule has 1 aromatic rings. The molecule has 0 saturated heterocycles. The van der Waals surface area contributed by atoms with Crippen molar-refractivity contribution in [3.63, 3.8) is 0 Å². The lowest BCUT2D eigenvalue weighted by molar-refractivity contribution is 0.203. The average Bonchev–Trinajstić information content (AvgIpc) is 3.26. The number of benzene rings is 1. The summed E-state index contributed by atoms with van der Waals surface area (Å²) < 4.78 is 0. The molecule has 0 radical (unpaired) electrons. The Morgan fingerprint density at radius 1 is 1.25 bits per heavy atom. The van der Waals surface area contributed by atoms with E-state index in [1.807, 2.05) is 6.08 Å². The lowest BCUT2D eigenvalue weighted by Gasteiger charge is -2.19. The molecule has 1 saturated carbocycles. The standard InChI is InChI=1S/C17H26N2O/c1-2-11-19(12-13-20)14-16-5-3-15(4-6-16)9-10-18-17-7-8-17/h2-6,17-18,20H,1,7-14H2. The maximum Gasteiger partial charge on any atom is 0.0558 e. The smallest absolute Gasteiger partial charge is 0.0558 e. The Bertz CT molecular complexity index is 398. The summed E-state index contributed by atoms with van der Waals surface area (Å²) in [6.45, 7) is 7.41. The van der Waals surface area contributed by atoms with Gasteiger partial charge in [0.1, 0.15) is 0 Å². The molecule has 0 heterocycles. The molecule has 2 N–H and O–H groups in total. The molecule has 2 rings (SSSR count). The Morgan fingerprint density at radius 3 is 2.55 bits per heavy atom. The Morgan fingerprint density at radius 2 is 1.95 bits per heavy atom. The highest BCUT2D eigenvalue weighted by molar-refractivity contribution is 5.22. The van der Waals surface area contributed by atoms with Gasteiger partial charge < -0.3 is 10.4 Å². The van der Waals surface area contributed by atoms with E-state index in [0.29, 0.717) is 6.54 Å². The second-order valence-electron chi connectivity index (χ2n) is 5.54. The predicted molar refractivity (Wildman–Crippen MR) is 83.7 cm³/mol. The first-order valence-electron chi connectivity index (χ1n) is 7.57. The molecule has 0 unspecified atom stereocenters. The van der Waals surface area contributed by atoms with Gasteiger partial charge >= 0.3 is 0 Å². The first-order chi connectivity index (χ1) is 9.81. The molecule has 3 nitrogen and oxygen atoms in total. The molecule has 0 spiro atoms. The fourth-order valence-corrected chi connectivity index (χ4v) is 2.34. The van der Waals surface area contributed by atoms with Gasteiger partial charge in [0.05, 0.1) is 6.61 Å². The normalized spacial score (nSPS) is 14.7. The summed E-state index contributed by atoms with van der Waals surface area (Å²) in [6, 6.07) is 9.62. The van der Waals surface area contributed by atoms with E-state index >= 15 is 0 Å². The molecule has 1 aromatic carbocycles. The monoisotopic (exact) mass is 274 g/mol. The molecule has 1 fully saturated rings. The van der Waals surface area contributed by atoms with Crippen molar-refractivity contribution < 1.29 is 5.11 Å². The van der Waals surface area contributed by atoms with Gasteiger partial charge in [0, 0.05) is 25.7 Å². The summed E-state index contributed by atoms with van der Waals surface area (Å²) >= 11 is 0. The summed E-state index contributed by atoms with van der Waals surface area (Å²) in [5.74, 6) is 0. The first-order valence-corrected chi connectivity index (χ1v) is 7.57. The van der Waals surface area contributed by atoms with E-state index < -0.39 is 0 Å². The van der Waals surface area contributed by atoms with Gasteiger partial charge in [-0.3, -0.25) is 4.90 Å². The lowest BCUT2D eigenvalue weighted by Crippen LogP contribution is -2.26. The van der Waals surface area contributed by atoms with Gasteiger partial charge in [0.2, 0.25) is 0 Å². The highest BCUT2D eigenvalue weighted by Gasteiger charge is 2.19. The van der Waals surface area contributed by atoms with Crippen LogP contribution in [0.15, 0.2) is 36.9 Å². The van der Waals surface area contributed by atoms with Crippen LogP contribution in [0, 0.1) is 0 Å². The zero-order valence-corrected chi connectivity index (χ0v) is 12.2. The summed E-state index contributed by atoms with van der Waals surface area (Å²) in [5.41, 5.74) is 2.68. The van der Waals surface area contributed by atoms with Gasteiger partial charge in [-0.15, -0.1) is 6.58 Å². The van der Waals surface area contributed by atoms with Gasteiger partial charge in [-0.05, 0) is 36.9 Å². The molecule has 110 valence electrons. The van der Waals surface area contributed by atoms with E-state index in [-0.39, 0.29) is 6.61 Å². The summed E-state index contributed by atoms with van der Waals surface area (Å²) in [7, 11) is 0. The van der Waals surface area contributed by atoms with Gasteiger partial charge in [0.25, 0.3) is 0 Å². The van der Waals surface area contributed by atoms with Crippen LogP contribution in [0.1, 0.15) is 24.0 Å². The van der Waals surface area contributed by atoms with Crippen molar-refractivity contribution in [3.05, 3.63) is 48.0 Å². The van der Waals surface area contributed by atoms with Crippen molar-refractivity contribution in [2.45, 2.75) is 31.8 Å². The Kier molecular flexibility index (Phi) is 6.25. The van der Waals surface area contributed by atoms with E-state index in [1.165, 1.54) is 24.0 Å². The van der Waals surface area contributed by atoms with Gasteiger partial charge in [-0.2, -0.15) is 0 Å². The topological polar surface area (TPSA) is 35.5 Å². The Balaban J connectivity index is 1.77. The number of nitrogens with zero attached hydrogens (tertiary/aromatic N) is 1. The van der Waals surface area contributed by atoms with Crippen LogP contribution < -0.4 is 5.32 Å². The molecule has 1 aliphatic rings. The third kappa shape index (κ3) is 5.45. The van der Waals surface area contributed by atoms with Crippen molar-refractivity contribution in [3.8, 4) is 0 Å². The van der Waals surface area contributed by atoms with Crippen LogP contribution in [0.3, 0.4) is 0 Å². The van der Waals surface area contributed by atoms with Crippen molar-refractivity contribution in [2.75, 3.05) is 26.2 Å². The molecule has 1 aliphatic carbocycles. The molecule has 0 aromatic heterocycles. The molecule has 0 aliphatic heterocycles. The minimum atomic E-state index is 0.193. The largest absolute Gasteiger partial charge is 0.395 e. The third-order valence-electron chi connectivity index (χ3n) is 3.66. The number of aliphatic hydroxyl groups excluding tert-OH is 1. The Hall–Kier alpha value is -1.16. The molecule has 3 heteroatoms. The van der Waals surface area contributed by atoms with Crippen molar-refractivity contribution in [1.82, 2.24) is 10.2 Å². The second kappa shape index (κ2) is 8.20. The van der Waals surface area contributed by atoms with Crippen molar-refractivity contribution in [2.24, 2.45) is 0 Å². The highest BCUT2D eigenvalue weighted by atomic mass is 16.3. The number of nitrogens with one attached hydrogen (secondary N) is 1. The minimum absolute atomic E-state index is 0.193. The third-order valence-corrected chi connectivity index (χ3v) is 3.66. The maximum absolute atomic E-state index is 9.05. The number of aliphatic hydroxyl groups is 1.